The van der Waals surface area contributed by atoms with Crippen molar-refractivity contribution in [2.45, 2.75) is 5.22 Å². The molecular weight excluding hydrogens is 234 g/mol. The van der Waals surface area contributed by atoms with Gasteiger partial charge >= 0.3 is 0 Å². The van der Waals surface area contributed by atoms with E-state index in [1.54, 1.807) is 11.8 Å². The van der Waals surface area contributed by atoms with E-state index >= 15 is 0 Å². The highest BCUT2D eigenvalue weighted by Crippen LogP contribution is 2.22. The summed E-state index contributed by atoms with van der Waals surface area (Å²) in [5.41, 5.74) is 0.963. The van der Waals surface area contributed by atoms with Crippen molar-refractivity contribution < 1.29 is 9.32 Å². The van der Waals surface area contributed by atoms with Crippen LogP contribution in [0.3, 0.4) is 0 Å². The summed E-state index contributed by atoms with van der Waals surface area (Å²) in [5.74, 6) is 1.57. The lowest BCUT2D eigenvalue weighted by Gasteiger charge is -2.03. The van der Waals surface area contributed by atoms with Gasteiger partial charge in [-0.25, -0.2) is 0 Å². The van der Waals surface area contributed by atoms with Gasteiger partial charge in [0.05, 0.1) is 26.4 Å². The second-order valence-corrected chi connectivity index (χ2v) is 5.09. The number of quaternary nitrogens is 1. The second kappa shape index (κ2) is 5.84. The number of thioether (sulfide) groups is 1. The monoisotopic (exact) mass is 250 g/mol. The molecule has 0 atom stereocenters. The normalized spacial score (nSPS) is 11.0. The predicted molar refractivity (Wildman–Crippen MR) is 68.1 cm³/mol. The summed E-state index contributed by atoms with van der Waals surface area (Å²) < 4.78 is 5.58. The molecule has 0 aliphatic carbocycles. The maximum Gasteiger partial charge on any atom is 0.277 e. The molecule has 0 unspecified atom stereocenters. The first-order valence-corrected chi connectivity index (χ1v) is 6.55. The zero-order chi connectivity index (χ0) is 12.1. The Morgan fingerprint density at radius 1 is 1.18 bits per heavy atom. The van der Waals surface area contributed by atoms with Crippen LogP contribution in [-0.4, -0.2) is 36.6 Å². The molecule has 0 radical (unpaired) electrons. The maximum atomic E-state index is 5.58. The van der Waals surface area contributed by atoms with Crippen LogP contribution in [0.25, 0.3) is 11.5 Å². The van der Waals surface area contributed by atoms with Gasteiger partial charge in [-0.1, -0.05) is 30.0 Å². The molecular formula is C12H16N3OS+. The zero-order valence-corrected chi connectivity index (χ0v) is 10.8. The Kier molecular flexibility index (Phi) is 4.17. The molecule has 2 aromatic rings. The molecule has 0 bridgehead atoms. The van der Waals surface area contributed by atoms with Gasteiger partial charge in [-0.3, -0.25) is 0 Å². The summed E-state index contributed by atoms with van der Waals surface area (Å²) in [5, 5.41) is 8.71. The van der Waals surface area contributed by atoms with E-state index in [2.05, 4.69) is 24.3 Å². The summed E-state index contributed by atoms with van der Waals surface area (Å²) in [4.78, 5) is 1.42. The van der Waals surface area contributed by atoms with E-state index in [1.165, 1.54) is 4.90 Å². The van der Waals surface area contributed by atoms with Gasteiger partial charge < -0.3 is 9.32 Å². The maximum absolute atomic E-state index is 5.58. The lowest BCUT2D eigenvalue weighted by Crippen LogP contribution is -3.06. The minimum Gasteiger partial charge on any atom is -0.411 e. The molecule has 0 aliphatic heterocycles. The van der Waals surface area contributed by atoms with Crippen LogP contribution in [0, 0.1) is 0 Å². The van der Waals surface area contributed by atoms with Gasteiger partial charge in [0, 0.05) is 5.56 Å². The second-order valence-electron chi connectivity index (χ2n) is 4.04. The summed E-state index contributed by atoms with van der Waals surface area (Å²) in [6.07, 6.45) is 0. The molecule has 90 valence electrons. The Morgan fingerprint density at radius 3 is 2.65 bits per heavy atom. The fourth-order valence-electron chi connectivity index (χ4n) is 1.31. The Hall–Kier alpha value is -1.33. The lowest BCUT2D eigenvalue weighted by molar-refractivity contribution is -0.855. The van der Waals surface area contributed by atoms with Crippen molar-refractivity contribution in [2.24, 2.45) is 0 Å². The summed E-state index contributed by atoms with van der Waals surface area (Å²) in [7, 11) is 4.26. The fourth-order valence-corrected chi connectivity index (χ4v) is 2.23. The molecule has 4 nitrogen and oxygen atoms in total. The average molecular weight is 250 g/mol. The first kappa shape index (κ1) is 12.1. The van der Waals surface area contributed by atoms with Crippen LogP contribution in [-0.2, 0) is 0 Å². The van der Waals surface area contributed by atoms with Gasteiger partial charge in [0.25, 0.3) is 5.22 Å². The number of nitrogens with one attached hydrogen (secondary N) is 1. The Bertz CT molecular complexity index is 456. The topological polar surface area (TPSA) is 43.4 Å². The van der Waals surface area contributed by atoms with Gasteiger partial charge in [-0.15, -0.1) is 10.2 Å². The van der Waals surface area contributed by atoms with E-state index in [0.29, 0.717) is 11.1 Å². The van der Waals surface area contributed by atoms with Gasteiger partial charge in [0.1, 0.15) is 0 Å². The third-order valence-electron chi connectivity index (χ3n) is 2.25. The van der Waals surface area contributed by atoms with E-state index in [4.69, 9.17) is 4.42 Å². The molecule has 17 heavy (non-hydrogen) atoms. The molecule has 0 fully saturated rings. The number of nitrogens with zero attached hydrogens (tertiary/aromatic N) is 2. The first-order chi connectivity index (χ1) is 8.25. The van der Waals surface area contributed by atoms with Crippen LogP contribution >= 0.6 is 11.8 Å². The quantitative estimate of drug-likeness (QED) is 0.803. The van der Waals surface area contributed by atoms with Crippen molar-refractivity contribution >= 4 is 11.8 Å². The summed E-state index contributed by atoms with van der Waals surface area (Å²) in [6, 6.07) is 9.82. The van der Waals surface area contributed by atoms with Crippen LogP contribution in [0.4, 0.5) is 0 Å². The van der Waals surface area contributed by atoms with Crippen LogP contribution in [0.15, 0.2) is 40.0 Å². The smallest absolute Gasteiger partial charge is 0.277 e. The number of rotatable bonds is 5. The number of benzene rings is 1. The highest BCUT2D eigenvalue weighted by Gasteiger charge is 2.08. The first-order valence-electron chi connectivity index (χ1n) is 5.56. The number of hydrogen-bond acceptors (Lipinski definition) is 4. The van der Waals surface area contributed by atoms with Crippen LogP contribution in [0.5, 0.6) is 0 Å². The largest absolute Gasteiger partial charge is 0.411 e. The molecule has 0 saturated heterocycles. The average Bonchev–Trinajstić information content (AvgIpc) is 2.78. The Balaban J connectivity index is 1.97. The molecule has 0 spiro atoms. The molecule has 0 aliphatic rings. The van der Waals surface area contributed by atoms with Crippen LogP contribution in [0.2, 0.25) is 0 Å². The molecule has 0 saturated carbocycles. The molecule has 0 amide bonds. The molecule has 1 N–H and O–H groups in total. The van der Waals surface area contributed by atoms with Gasteiger partial charge in [0.15, 0.2) is 0 Å². The predicted octanol–water partition coefficient (Wildman–Crippen LogP) is 0.973. The molecule has 2 rings (SSSR count). The molecule has 1 aromatic heterocycles. The van der Waals surface area contributed by atoms with Crippen molar-refractivity contribution in [3.05, 3.63) is 30.3 Å². The van der Waals surface area contributed by atoms with Crippen molar-refractivity contribution in [1.29, 1.82) is 0 Å². The molecule has 5 heteroatoms. The van der Waals surface area contributed by atoms with E-state index in [9.17, 15) is 0 Å². The third kappa shape index (κ3) is 3.57. The Labute approximate surface area is 105 Å². The van der Waals surface area contributed by atoms with Crippen molar-refractivity contribution in [1.82, 2.24) is 10.2 Å². The van der Waals surface area contributed by atoms with E-state index in [0.717, 1.165) is 17.9 Å². The highest BCUT2D eigenvalue weighted by atomic mass is 32.2. The SMILES string of the molecule is C[NH+](C)CCSc1nnc(-c2ccccc2)o1. The minimum absolute atomic E-state index is 0.588. The van der Waals surface area contributed by atoms with E-state index in [-0.39, 0.29) is 0 Å². The summed E-state index contributed by atoms with van der Waals surface area (Å²) in [6.45, 7) is 1.08. The third-order valence-corrected chi connectivity index (χ3v) is 3.07. The van der Waals surface area contributed by atoms with Crippen molar-refractivity contribution in [2.75, 3.05) is 26.4 Å². The summed E-state index contributed by atoms with van der Waals surface area (Å²) >= 11 is 1.60. The Morgan fingerprint density at radius 2 is 1.94 bits per heavy atom. The van der Waals surface area contributed by atoms with Gasteiger partial charge in [-0.05, 0) is 12.1 Å². The van der Waals surface area contributed by atoms with Crippen LogP contribution in [0.1, 0.15) is 0 Å². The molecule has 1 heterocycles. The van der Waals surface area contributed by atoms with E-state index in [1.807, 2.05) is 30.3 Å². The van der Waals surface area contributed by atoms with Crippen molar-refractivity contribution in [3.8, 4) is 11.5 Å². The number of aromatic nitrogens is 2. The fraction of sp³-hybridized carbons (Fsp3) is 0.333. The minimum atomic E-state index is 0.588. The lowest BCUT2D eigenvalue weighted by atomic mass is 10.2. The standard InChI is InChI=1S/C12H15N3OS/c1-15(2)8-9-17-12-14-13-11(16-12)10-6-4-3-5-7-10/h3-7H,8-9H2,1-2H3/p+1. The van der Waals surface area contributed by atoms with Gasteiger partial charge in [-0.2, -0.15) is 0 Å². The number of hydrogen-bond donors (Lipinski definition) is 1. The van der Waals surface area contributed by atoms with Crippen molar-refractivity contribution in [3.63, 3.8) is 0 Å². The van der Waals surface area contributed by atoms with E-state index < -0.39 is 0 Å². The zero-order valence-electron chi connectivity index (χ0n) is 10.0. The highest BCUT2D eigenvalue weighted by molar-refractivity contribution is 7.99. The van der Waals surface area contributed by atoms with Crippen LogP contribution < -0.4 is 4.90 Å². The van der Waals surface area contributed by atoms with Gasteiger partial charge in [0.2, 0.25) is 5.89 Å². The molecule has 1 aromatic carbocycles.